The van der Waals surface area contributed by atoms with Crippen LogP contribution in [-0.4, -0.2) is 76.2 Å². The van der Waals surface area contributed by atoms with E-state index in [2.05, 4.69) is 38.6 Å². The number of hydrogen-bond donors (Lipinski definition) is 2. The largest absolute Gasteiger partial charge is 0.389 e. The molecule has 3 aromatic rings. The van der Waals surface area contributed by atoms with Gasteiger partial charge in [0, 0.05) is 54.5 Å². The van der Waals surface area contributed by atoms with Gasteiger partial charge in [-0.05, 0) is 39.3 Å². The number of ether oxygens (including phenoxy) is 2. The fourth-order valence-electron chi connectivity index (χ4n) is 5.18. The van der Waals surface area contributed by atoms with E-state index in [1.165, 1.54) is 0 Å². The molecule has 0 spiro atoms. The van der Waals surface area contributed by atoms with Gasteiger partial charge in [-0.25, -0.2) is 14.4 Å². The van der Waals surface area contributed by atoms with Gasteiger partial charge in [0.2, 0.25) is 5.95 Å². The number of anilines is 1. The molecule has 0 amide bonds. The van der Waals surface area contributed by atoms with Crippen molar-refractivity contribution < 1.29 is 19.0 Å². The Morgan fingerprint density at radius 1 is 1.22 bits per heavy atom. The van der Waals surface area contributed by atoms with E-state index in [-0.39, 0.29) is 35.8 Å². The molecule has 2 fully saturated rings. The summed E-state index contributed by atoms with van der Waals surface area (Å²) in [5.41, 5.74) is 3.12. The number of rotatable bonds is 6. The Balaban J connectivity index is 1.57. The number of hydrogen-bond acceptors (Lipinski definition) is 8. The summed E-state index contributed by atoms with van der Waals surface area (Å²) in [6.45, 7) is 10.4. The quantitative estimate of drug-likeness (QED) is 0.521. The minimum atomic E-state index is -0.694. The summed E-state index contributed by atoms with van der Waals surface area (Å²) in [5.74, 6) is -0.322. The average Bonchev–Trinajstić information content (AvgIpc) is 2.89. The second-order valence-corrected chi connectivity index (χ2v) is 10.1. The number of fused-ring (bicyclic) bond motifs is 1. The monoisotopic (exact) mass is 511 g/mol. The standard InChI is InChI=1S/C27H34FN5O4/c1-16(2)33-22-12-18(25-20(28)13-29-27(31-25)30-21-6-9-37-15-24(21)34)4-5-19(22)26(35)17(3)23(33)14-32-7-10-36-11-8-32/h4-5,12-13,16,21,24,34H,6-11,14-15H2,1-3H3,(H,29,30,31)/t21-,24-/m1/s1. The Hall–Kier alpha value is -2.92. The van der Waals surface area contributed by atoms with Gasteiger partial charge < -0.3 is 24.5 Å². The molecule has 0 unspecified atom stereocenters. The van der Waals surface area contributed by atoms with Crippen molar-refractivity contribution in [2.75, 3.05) is 44.8 Å². The molecule has 5 rings (SSSR count). The van der Waals surface area contributed by atoms with Crippen LogP contribution in [0.15, 0.2) is 29.2 Å². The van der Waals surface area contributed by atoms with E-state index in [0.29, 0.717) is 43.7 Å². The normalized spacial score (nSPS) is 21.0. The molecule has 0 aliphatic carbocycles. The first-order chi connectivity index (χ1) is 17.8. The third-order valence-corrected chi connectivity index (χ3v) is 7.22. The maximum absolute atomic E-state index is 15.0. The fraction of sp³-hybridized carbons (Fsp3) is 0.519. The van der Waals surface area contributed by atoms with Crippen LogP contribution in [0.3, 0.4) is 0 Å². The van der Waals surface area contributed by atoms with Crippen molar-refractivity contribution in [3.8, 4) is 11.3 Å². The molecule has 2 aromatic heterocycles. The predicted molar refractivity (Wildman–Crippen MR) is 139 cm³/mol. The first-order valence-electron chi connectivity index (χ1n) is 12.9. The molecule has 9 nitrogen and oxygen atoms in total. The zero-order chi connectivity index (χ0) is 26.1. The second-order valence-electron chi connectivity index (χ2n) is 10.1. The number of benzene rings is 1. The molecular weight excluding hydrogens is 477 g/mol. The number of pyridine rings is 1. The molecular formula is C27H34FN5O4. The molecule has 0 radical (unpaired) electrons. The molecule has 1 aromatic carbocycles. The smallest absolute Gasteiger partial charge is 0.223 e. The van der Waals surface area contributed by atoms with E-state index in [0.717, 1.165) is 36.1 Å². The first kappa shape index (κ1) is 25.7. The summed E-state index contributed by atoms with van der Waals surface area (Å²) in [4.78, 5) is 24.2. The van der Waals surface area contributed by atoms with E-state index in [4.69, 9.17) is 9.47 Å². The van der Waals surface area contributed by atoms with Crippen LogP contribution >= 0.6 is 0 Å². The van der Waals surface area contributed by atoms with Crippen LogP contribution in [0.5, 0.6) is 0 Å². The molecule has 2 atom stereocenters. The minimum absolute atomic E-state index is 0.0132. The second kappa shape index (κ2) is 10.8. The number of nitrogens with zero attached hydrogens (tertiary/aromatic N) is 4. The zero-order valence-corrected chi connectivity index (χ0v) is 21.5. The summed E-state index contributed by atoms with van der Waals surface area (Å²) >= 11 is 0. The number of morpholine rings is 1. The minimum Gasteiger partial charge on any atom is -0.389 e. The Morgan fingerprint density at radius 2 is 2.00 bits per heavy atom. The van der Waals surface area contributed by atoms with Crippen LogP contribution in [-0.2, 0) is 16.0 Å². The molecule has 37 heavy (non-hydrogen) atoms. The predicted octanol–water partition coefficient (Wildman–Crippen LogP) is 2.88. The number of aromatic nitrogens is 3. The lowest BCUT2D eigenvalue weighted by molar-refractivity contribution is -0.0136. The number of halogens is 1. The average molecular weight is 512 g/mol. The van der Waals surface area contributed by atoms with Crippen molar-refractivity contribution in [3.63, 3.8) is 0 Å². The Morgan fingerprint density at radius 3 is 2.73 bits per heavy atom. The maximum atomic E-state index is 15.0. The van der Waals surface area contributed by atoms with E-state index in [1.54, 1.807) is 12.1 Å². The molecule has 198 valence electrons. The summed E-state index contributed by atoms with van der Waals surface area (Å²) in [7, 11) is 0. The Kier molecular flexibility index (Phi) is 7.52. The van der Waals surface area contributed by atoms with Crippen LogP contribution in [0.25, 0.3) is 22.2 Å². The summed E-state index contributed by atoms with van der Waals surface area (Å²) in [5, 5.41) is 13.9. The van der Waals surface area contributed by atoms with Crippen LogP contribution in [0.2, 0.25) is 0 Å². The summed E-state index contributed by atoms with van der Waals surface area (Å²) < 4.78 is 28.0. The van der Waals surface area contributed by atoms with Gasteiger partial charge >= 0.3 is 0 Å². The number of aliphatic hydroxyl groups is 1. The van der Waals surface area contributed by atoms with Crippen molar-refractivity contribution in [2.45, 2.75) is 51.9 Å². The zero-order valence-electron chi connectivity index (χ0n) is 21.5. The van der Waals surface area contributed by atoms with Crippen molar-refractivity contribution in [1.82, 2.24) is 19.4 Å². The van der Waals surface area contributed by atoms with Gasteiger partial charge in [0.05, 0.1) is 43.7 Å². The molecule has 4 heterocycles. The van der Waals surface area contributed by atoms with Gasteiger partial charge in [0.25, 0.3) is 0 Å². The van der Waals surface area contributed by atoms with E-state index in [1.807, 2.05) is 13.0 Å². The molecule has 0 bridgehead atoms. The van der Waals surface area contributed by atoms with Crippen LogP contribution in [0.4, 0.5) is 10.3 Å². The lowest BCUT2D eigenvalue weighted by Crippen LogP contribution is -2.42. The third kappa shape index (κ3) is 5.24. The van der Waals surface area contributed by atoms with E-state index in [9.17, 15) is 14.3 Å². The number of nitrogens with one attached hydrogen (secondary N) is 1. The summed E-state index contributed by atoms with van der Waals surface area (Å²) in [6.07, 6.45) is 1.04. The van der Waals surface area contributed by atoms with Gasteiger partial charge in [-0.15, -0.1) is 0 Å². The van der Waals surface area contributed by atoms with Gasteiger partial charge in [0.15, 0.2) is 11.2 Å². The van der Waals surface area contributed by atoms with Gasteiger partial charge in [-0.1, -0.05) is 6.07 Å². The van der Waals surface area contributed by atoms with Crippen LogP contribution in [0.1, 0.15) is 37.6 Å². The molecule has 2 N–H and O–H groups in total. The molecule has 2 saturated heterocycles. The highest BCUT2D eigenvalue weighted by Gasteiger charge is 2.25. The van der Waals surface area contributed by atoms with Crippen LogP contribution < -0.4 is 10.7 Å². The Bertz CT molecular complexity index is 1340. The van der Waals surface area contributed by atoms with Crippen molar-refractivity contribution in [3.05, 3.63) is 51.7 Å². The van der Waals surface area contributed by atoms with Crippen molar-refractivity contribution >= 4 is 16.9 Å². The molecule has 0 saturated carbocycles. The molecule has 2 aliphatic heterocycles. The Labute approximate surface area is 215 Å². The molecule has 10 heteroatoms. The highest BCUT2D eigenvalue weighted by atomic mass is 19.1. The highest BCUT2D eigenvalue weighted by molar-refractivity contribution is 5.85. The SMILES string of the molecule is Cc1c(CN2CCOCC2)n(C(C)C)c2cc(-c3nc(N[C@@H]4CCOC[C@H]4O)ncc3F)ccc2c1=O. The lowest BCUT2D eigenvalue weighted by atomic mass is 10.0. The highest BCUT2D eigenvalue weighted by Crippen LogP contribution is 2.29. The van der Waals surface area contributed by atoms with E-state index < -0.39 is 11.9 Å². The molecule has 2 aliphatic rings. The van der Waals surface area contributed by atoms with Crippen molar-refractivity contribution in [1.29, 1.82) is 0 Å². The van der Waals surface area contributed by atoms with Gasteiger partial charge in [-0.2, -0.15) is 0 Å². The maximum Gasteiger partial charge on any atom is 0.223 e. The van der Waals surface area contributed by atoms with Gasteiger partial charge in [-0.3, -0.25) is 9.69 Å². The fourth-order valence-corrected chi connectivity index (χ4v) is 5.18. The first-order valence-corrected chi connectivity index (χ1v) is 12.9. The van der Waals surface area contributed by atoms with Gasteiger partial charge in [0.1, 0.15) is 5.69 Å². The van der Waals surface area contributed by atoms with Crippen LogP contribution in [0, 0.1) is 12.7 Å². The topological polar surface area (TPSA) is 102 Å². The summed E-state index contributed by atoms with van der Waals surface area (Å²) in [6, 6.07) is 5.13. The third-order valence-electron chi connectivity index (χ3n) is 7.22. The van der Waals surface area contributed by atoms with Crippen molar-refractivity contribution in [2.24, 2.45) is 0 Å². The number of aliphatic hydroxyl groups excluding tert-OH is 1. The van der Waals surface area contributed by atoms with E-state index >= 15 is 0 Å². The lowest BCUT2D eigenvalue weighted by Gasteiger charge is -2.30.